The SMILES string of the molecule is CCCn1cncc1CNCCCOC. The van der Waals surface area contributed by atoms with Gasteiger partial charge in [0, 0.05) is 33.0 Å². The van der Waals surface area contributed by atoms with Crippen LogP contribution in [-0.2, 0) is 17.8 Å². The monoisotopic (exact) mass is 211 g/mol. The molecule has 1 rings (SSSR count). The molecular formula is C11H21N3O. The third kappa shape index (κ3) is 4.44. The zero-order valence-corrected chi connectivity index (χ0v) is 9.70. The molecule has 1 heterocycles. The van der Waals surface area contributed by atoms with Gasteiger partial charge in [0.15, 0.2) is 0 Å². The molecule has 0 aliphatic carbocycles. The summed E-state index contributed by atoms with van der Waals surface area (Å²) in [6.45, 7) is 5.93. The summed E-state index contributed by atoms with van der Waals surface area (Å²) in [5, 5.41) is 3.38. The Morgan fingerprint density at radius 3 is 3.13 bits per heavy atom. The predicted molar refractivity (Wildman–Crippen MR) is 60.7 cm³/mol. The van der Waals surface area contributed by atoms with E-state index in [1.54, 1.807) is 7.11 Å². The molecule has 0 radical (unpaired) electrons. The Hall–Kier alpha value is -0.870. The molecule has 0 atom stereocenters. The summed E-state index contributed by atoms with van der Waals surface area (Å²) >= 11 is 0. The Labute approximate surface area is 91.7 Å². The molecule has 0 fully saturated rings. The maximum Gasteiger partial charge on any atom is 0.0948 e. The van der Waals surface area contributed by atoms with Crippen LogP contribution in [-0.4, -0.2) is 29.8 Å². The molecular weight excluding hydrogens is 190 g/mol. The number of hydrogen-bond acceptors (Lipinski definition) is 3. The standard InChI is InChI=1S/C11H21N3O/c1-3-6-14-10-13-9-11(14)8-12-5-4-7-15-2/h9-10,12H,3-8H2,1-2H3. The van der Waals surface area contributed by atoms with Crippen LogP contribution in [0.3, 0.4) is 0 Å². The van der Waals surface area contributed by atoms with Gasteiger partial charge in [-0.15, -0.1) is 0 Å². The molecule has 0 amide bonds. The second-order valence-corrected chi connectivity index (χ2v) is 3.60. The summed E-state index contributed by atoms with van der Waals surface area (Å²) in [7, 11) is 1.73. The maximum atomic E-state index is 4.98. The van der Waals surface area contributed by atoms with Crippen LogP contribution in [0.5, 0.6) is 0 Å². The first-order valence-electron chi connectivity index (χ1n) is 5.57. The normalized spacial score (nSPS) is 10.8. The lowest BCUT2D eigenvalue weighted by atomic mass is 10.4. The fourth-order valence-corrected chi connectivity index (χ4v) is 1.50. The number of nitrogens with zero attached hydrogens (tertiary/aromatic N) is 2. The molecule has 1 aromatic heterocycles. The number of methoxy groups -OCH3 is 1. The van der Waals surface area contributed by atoms with E-state index in [-0.39, 0.29) is 0 Å². The first-order valence-corrected chi connectivity index (χ1v) is 5.57. The second-order valence-electron chi connectivity index (χ2n) is 3.60. The Kier molecular flexibility index (Phi) is 6.04. The molecule has 86 valence electrons. The molecule has 0 spiro atoms. The molecule has 4 nitrogen and oxygen atoms in total. The van der Waals surface area contributed by atoms with Crippen molar-refractivity contribution in [3.63, 3.8) is 0 Å². The highest BCUT2D eigenvalue weighted by Gasteiger charge is 1.99. The van der Waals surface area contributed by atoms with E-state index in [0.29, 0.717) is 0 Å². The third-order valence-corrected chi connectivity index (χ3v) is 2.27. The van der Waals surface area contributed by atoms with Crippen molar-refractivity contribution in [3.8, 4) is 0 Å². The summed E-state index contributed by atoms with van der Waals surface area (Å²) in [4.78, 5) is 4.15. The quantitative estimate of drug-likeness (QED) is 0.661. The van der Waals surface area contributed by atoms with Crippen molar-refractivity contribution >= 4 is 0 Å². The van der Waals surface area contributed by atoms with E-state index in [1.165, 1.54) is 5.69 Å². The lowest BCUT2D eigenvalue weighted by molar-refractivity contribution is 0.194. The summed E-state index contributed by atoms with van der Waals surface area (Å²) in [6, 6.07) is 0. The van der Waals surface area contributed by atoms with Crippen LogP contribution in [0, 0.1) is 0 Å². The molecule has 0 aliphatic heterocycles. The van der Waals surface area contributed by atoms with Gasteiger partial charge in [0.2, 0.25) is 0 Å². The fraction of sp³-hybridized carbons (Fsp3) is 0.727. The number of nitrogens with one attached hydrogen (secondary N) is 1. The van der Waals surface area contributed by atoms with Crippen molar-refractivity contribution in [2.24, 2.45) is 0 Å². The molecule has 0 aromatic carbocycles. The van der Waals surface area contributed by atoms with E-state index in [1.807, 2.05) is 12.5 Å². The van der Waals surface area contributed by atoms with Gasteiger partial charge in [0.1, 0.15) is 0 Å². The number of imidazole rings is 1. The van der Waals surface area contributed by atoms with Gasteiger partial charge in [-0.1, -0.05) is 6.92 Å². The van der Waals surface area contributed by atoms with Crippen molar-refractivity contribution in [2.75, 3.05) is 20.3 Å². The van der Waals surface area contributed by atoms with Crippen LogP contribution in [0.15, 0.2) is 12.5 Å². The van der Waals surface area contributed by atoms with Crippen LogP contribution < -0.4 is 5.32 Å². The molecule has 0 saturated heterocycles. The van der Waals surface area contributed by atoms with Gasteiger partial charge in [-0.3, -0.25) is 0 Å². The molecule has 4 heteroatoms. The van der Waals surface area contributed by atoms with Gasteiger partial charge in [0.25, 0.3) is 0 Å². The van der Waals surface area contributed by atoms with Crippen molar-refractivity contribution in [3.05, 3.63) is 18.2 Å². The van der Waals surface area contributed by atoms with E-state index in [9.17, 15) is 0 Å². The minimum absolute atomic E-state index is 0.821. The molecule has 0 aliphatic rings. The van der Waals surface area contributed by atoms with E-state index in [0.717, 1.165) is 39.1 Å². The van der Waals surface area contributed by atoms with Crippen molar-refractivity contribution in [1.29, 1.82) is 0 Å². The Balaban J connectivity index is 2.21. The fourth-order valence-electron chi connectivity index (χ4n) is 1.50. The first kappa shape index (κ1) is 12.2. The molecule has 15 heavy (non-hydrogen) atoms. The van der Waals surface area contributed by atoms with E-state index >= 15 is 0 Å². The zero-order valence-electron chi connectivity index (χ0n) is 9.70. The van der Waals surface area contributed by atoms with Crippen LogP contribution in [0.1, 0.15) is 25.5 Å². The first-order chi connectivity index (χ1) is 7.38. The lowest BCUT2D eigenvalue weighted by Gasteiger charge is -2.07. The molecule has 0 bridgehead atoms. The second kappa shape index (κ2) is 7.43. The van der Waals surface area contributed by atoms with Gasteiger partial charge in [0.05, 0.1) is 12.0 Å². The highest BCUT2D eigenvalue weighted by Crippen LogP contribution is 2.00. The van der Waals surface area contributed by atoms with Crippen LogP contribution in [0.4, 0.5) is 0 Å². The average Bonchev–Trinajstić information content (AvgIpc) is 2.66. The van der Waals surface area contributed by atoms with Gasteiger partial charge in [-0.05, 0) is 19.4 Å². The summed E-state index contributed by atoms with van der Waals surface area (Å²) in [5.41, 5.74) is 1.26. The topological polar surface area (TPSA) is 39.1 Å². The lowest BCUT2D eigenvalue weighted by Crippen LogP contribution is -2.18. The Bertz CT molecular complexity index is 260. The summed E-state index contributed by atoms with van der Waals surface area (Å²) in [5.74, 6) is 0. The minimum atomic E-state index is 0.821. The van der Waals surface area contributed by atoms with Crippen molar-refractivity contribution in [2.45, 2.75) is 32.9 Å². The van der Waals surface area contributed by atoms with E-state index < -0.39 is 0 Å². The minimum Gasteiger partial charge on any atom is -0.385 e. The molecule has 1 N–H and O–H groups in total. The number of ether oxygens (including phenoxy) is 1. The number of aryl methyl sites for hydroxylation is 1. The maximum absolute atomic E-state index is 4.98. The zero-order chi connectivity index (χ0) is 10.9. The van der Waals surface area contributed by atoms with Crippen molar-refractivity contribution in [1.82, 2.24) is 14.9 Å². The third-order valence-electron chi connectivity index (χ3n) is 2.27. The predicted octanol–water partition coefficient (Wildman–Crippen LogP) is 1.42. The summed E-state index contributed by atoms with van der Waals surface area (Å²) in [6.07, 6.45) is 6.03. The highest BCUT2D eigenvalue weighted by molar-refractivity contribution is 4.97. The van der Waals surface area contributed by atoms with Gasteiger partial charge >= 0.3 is 0 Å². The van der Waals surface area contributed by atoms with E-state index in [4.69, 9.17) is 4.74 Å². The van der Waals surface area contributed by atoms with Crippen molar-refractivity contribution < 1.29 is 4.74 Å². The molecule has 1 aromatic rings. The Morgan fingerprint density at radius 2 is 2.40 bits per heavy atom. The summed E-state index contributed by atoms with van der Waals surface area (Å²) < 4.78 is 7.18. The van der Waals surface area contributed by atoms with Gasteiger partial charge < -0.3 is 14.6 Å². The number of hydrogen-bond donors (Lipinski definition) is 1. The number of aromatic nitrogens is 2. The van der Waals surface area contributed by atoms with Crippen LogP contribution >= 0.6 is 0 Å². The molecule has 0 saturated carbocycles. The smallest absolute Gasteiger partial charge is 0.0948 e. The molecule has 0 unspecified atom stereocenters. The average molecular weight is 211 g/mol. The van der Waals surface area contributed by atoms with E-state index in [2.05, 4.69) is 21.8 Å². The van der Waals surface area contributed by atoms with Gasteiger partial charge in [-0.25, -0.2) is 4.98 Å². The Morgan fingerprint density at radius 1 is 1.53 bits per heavy atom. The largest absolute Gasteiger partial charge is 0.385 e. The number of rotatable bonds is 8. The van der Waals surface area contributed by atoms with Crippen LogP contribution in [0.25, 0.3) is 0 Å². The highest BCUT2D eigenvalue weighted by atomic mass is 16.5. The van der Waals surface area contributed by atoms with Crippen LogP contribution in [0.2, 0.25) is 0 Å². The van der Waals surface area contributed by atoms with Gasteiger partial charge in [-0.2, -0.15) is 0 Å².